The topological polar surface area (TPSA) is 70.2 Å². The average Bonchev–Trinajstić information content (AvgIpc) is 2.83. The number of rotatable bonds is 6. The summed E-state index contributed by atoms with van der Waals surface area (Å²) < 4.78 is 0. The van der Waals surface area contributed by atoms with E-state index in [2.05, 4.69) is 20.5 Å². The standard InChI is InChI=1S/C24H25Cl2N5O/c1-27-22-14-21(16-5-3-2-4-6-16)29-24(30-22)31-11-9-17(10-12-31)23(32)28-15-18-7-8-19(25)13-20(18)26/h2-8,13-14,17H,9-12,15H2,1H3,(H,28,32)(H,27,29,30). The Balaban J connectivity index is 1.38. The van der Waals surface area contributed by atoms with Crippen molar-refractivity contribution >= 4 is 40.9 Å². The minimum atomic E-state index is -0.0431. The lowest BCUT2D eigenvalue weighted by molar-refractivity contribution is -0.125. The van der Waals surface area contributed by atoms with Gasteiger partial charge in [-0.3, -0.25) is 4.79 Å². The molecule has 2 aromatic carbocycles. The molecule has 0 spiro atoms. The third-order valence-corrected chi connectivity index (χ3v) is 6.24. The van der Waals surface area contributed by atoms with Gasteiger partial charge in [0.2, 0.25) is 11.9 Å². The maximum absolute atomic E-state index is 12.7. The molecule has 2 heterocycles. The number of amides is 1. The second-order valence-electron chi connectivity index (χ2n) is 7.77. The Hall–Kier alpha value is -2.83. The molecule has 0 atom stereocenters. The van der Waals surface area contributed by atoms with Crippen LogP contribution in [0.1, 0.15) is 18.4 Å². The molecule has 166 valence electrons. The van der Waals surface area contributed by atoms with Gasteiger partial charge in [-0.15, -0.1) is 0 Å². The van der Waals surface area contributed by atoms with Crippen LogP contribution in [0.5, 0.6) is 0 Å². The molecule has 1 aromatic heterocycles. The van der Waals surface area contributed by atoms with Gasteiger partial charge in [-0.2, -0.15) is 4.98 Å². The lowest BCUT2D eigenvalue weighted by atomic mass is 9.96. The molecule has 4 rings (SSSR count). The summed E-state index contributed by atoms with van der Waals surface area (Å²) in [5, 5.41) is 7.27. The largest absolute Gasteiger partial charge is 0.373 e. The molecule has 3 aromatic rings. The van der Waals surface area contributed by atoms with E-state index in [0.29, 0.717) is 22.5 Å². The summed E-state index contributed by atoms with van der Waals surface area (Å²) >= 11 is 12.1. The molecule has 1 aliphatic rings. The van der Waals surface area contributed by atoms with Crippen LogP contribution in [0.2, 0.25) is 10.0 Å². The summed E-state index contributed by atoms with van der Waals surface area (Å²) in [7, 11) is 1.85. The molecule has 0 aliphatic carbocycles. The van der Waals surface area contributed by atoms with Gasteiger partial charge in [0.15, 0.2) is 0 Å². The van der Waals surface area contributed by atoms with E-state index in [1.54, 1.807) is 12.1 Å². The summed E-state index contributed by atoms with van der Waals surface area (Å²) in [4.78, 5) is 24.3. The molecule has 0 saturated carbocycles. The van der Waals surface area contributed by atoms with E-state index < -0.39 is 0 Å². The molecular formula is C24H25Cl2N5O. The number of carbonyl (C=O) groups excluding carboxylic acids is 1. The third-order valence-electron chi connectivity index (χ3n) is 5.66. The van der Waals surface area contributed by atoms with E-state index in [1.807, 2.05) is 49.5 Å². The molecule has 1 amide bonds. The van der Waals surface area contributed by atoms with Crippen molar-refractivity contribution < 1.29 is 4.79 Å². The molecular weight excluding hydrogens is 445 g/mol. The van der Waals surface area contributed by atoms with Gasteiger partial charge in [-0.05, 0) is 30.5 Å². The molecule has 32 heavy (non-hydrogen) atoms. The number of piperidine rings is 1. The second kappa shape index (κ2) is 10.2. The van der Waals surface area contributed by atoms with Crippen molar-refractivity contribution in [3.63, 3.8) is 0 Å². The van der Waals surface area contributed by atoms with Crippen molar-refractivity contribution in [1.29, 1.82) is 0 Å². The predicted octanol–water partition coefficient (Wildman–Crippen LogP) is 5.02. The maximum Gasteiger partial charge on any atom is 0.227 e. The molecule has 2 N–H and O–H groups in total. The zero-order valence-electron chi connectivity index (χ0n) is 17.8. The number of aromatic nitrogens is 2. The number of halogens is 2. The summed E-state index contributed by atoms with van der Waals surface area (Å²) in [5.74, 6) is 1.46. The first kappa shape index (κ1) is 22.4. The van der Waals surface area contributed by atoms with Gasteiger partial charge in [0.1, 0.15) is 5.82 Å². The Morgan fingerprint density at radius 2 is 1.81 bits per heavy atom. The van der Waals surface area contributed by atoms with Gasteiger partial charge in [-0.25, -0.2) is 4.98 Å². The number of anilines is 2. The van der Waals surface area contributed by atoms with E-state index >= 15 is 0 Å². The number of benzene rings is 2. The van der Waals surface area contributed by atoms with E-state index in [-0.39, 0.29) is 11.8 Å². The fourth-order valence-corrected chi connectivity index (χ4v) is 4.27. The highest BCUT2D eigenvalue weighted by molar-refractivity contribution is 6.35. The zero-order valence-corrected chi connectivity index (χ0v) is 19.3. The predicted molar refractivity (Wildman–Crippen MR) is 130 cm³/mol. The van der Waals surface area contributed by atoms with Crippen LogP contribution < -0.4 is 15.5 Å². The van der Waals surface area contributed by atoms with Crippen LogP contribution in [0.3, 0.4) is 0 Å². The first-order valence-electron chi connectivity index (χ1n) is 10.6. The van der Waals surface area contributed by atoms with E-state index in [9.17, 15) is 4.79 Å². The quantitative estimate of drug-likeness (QED) is 0.529. The highest BCUT2D eigenvalue weighted by Gasteiger charge is 2.26. The first-order chi connectivity index (χ1) is 15.5. The van der Waals surface area contributed by atoms with Gasteiger partial charge in [0.05, 0.1) is 5.69 Å². The fourth-order valence-electron chi connectivity index (χ4n) is 3.79. The third kappa shape index (κ3) is 5.31. The van der Waals surface area contributed by atoms with Crippen LogP contribution in [-0.4, -0.2) is 36.0 Å². The number of hydrogen-bond acceptors (Lipinski definition) is 5. The van der Waals surface area contributed by atoms with Crippen LogP contribution >= 0.6 is 23.2 Å². The Kier molecular flexibility index (Phi) is 7.12. The maximum atomic E-state index is 12.7. The highest BCUT2D eigenvalue weighted by Crippen LogP contribution is 2.26. The SMILES string of the molecule is CNc1cc(-c2ccccc2)nc(N2CCC(C(=O)NCc3ccc(Cl)cc3Cl)CC2)n1. The molecule has 8 heteroatoms. The molecule has 1 saturated heterocycles. The minimum Gasteiger partial charge on any atom is -0.373 e. The number of hydrogen-bond donors (Lipinski definition) is 2. The van der Waals surface area contributed by atoms with Crippen LogP contribution in [0.15, 0.2) is 54.6 Å². The van der Waals surface area contributed by atoms with Crippen LogP contribution in [0.25, 0.3) is 11.3 Å². The Bertz CT molecular complexity index is 1090. The Morgan fingerprint density at radius 1 is 1.06 bits per heavy atom. The lowest BCUT2D eigenvalue weighted by Gasteiger charge is -2.31. The van der Waals surface area contributed by atoms with Crippen molar-refractivity contribution in [2.24, 2.45) is 5.92 Å². The molecule has 0 radical (unpaired) electrons. The summed E-state index contributed by atoms with van der Waals surface area (Å²) in [5.41, 5.74) is 2.77. The van der Waals surface area contributed by atoms with E-state index in [1.165, 1.54) is 0 Å². The van der Waals surface area contributed by atoms with Gasteiger partial charge in [-0.1, -0.05) is 59.6 Å². The smallest absolute Gasteiger partial charge is 0.227 e. The van der Waals surface area contributed by atoms with Gasteiger partial charge < -0.3 is 15.5 Å². The fraction of sp³-hybridized carbons (Fsp3) is 0.292. The van der Waals surface area contributed by atoms with Crippen LogP contribution in [0.4, 0.5) is 11.8 Å². The van der Waals surface area contributed by atoms with Crippen LogP contribution in [0, 0.1) is 5.92 Å². The van der Waals surface area contributed by atoms with Gasteiger partial charge in [0.25, 0.3) is 0 Å². The Labute approximate surface area is 198 Å². The normalized spacial score (nSPS) is 14.3. The zero-order chi connectivity index (χ0) is 22.5. The van der Waals surface area contributed by atoms with Gasteiger partial charge in [0, 0.05) is 54.3 Å². The molecule has 6 nitrogen and oxygen atoms in total. The van der Waals surface area contributed by atoms with Crippen molar-refractivity contribution in [3.8, 4) is 11.3 Å². The average molecular weight is 470 g/mol. The number of nitrogens with zero attached hydrogens (tertiary/aromatic N) is 3. The summed E-state index contributed by atoms with van der Waals surface area (Å²) in [6.07, 6.45) is 1.49. The summed E-state index contributed by atoms with van der Waals surface area (Å²) in [6.45, 7) is 1.84. The summed E-state index contributed by atoms with van der Waals surface area (Å²) in [6, 6.07) is 17.3. The lowest BCUT2D eigenvalue weighted by Crippen LogP contribution is -2.41. The minimum absolute atomic E-state index is 0.0431. The Morgan fingerprint density at radius 3 is 2.50 bits per heavy atom. The van der Waals surface area contributed by atoms with Crippen LogP contribution in [-0.2, 0) is 11.3 Å². The van der Waals surface area contributed by atoms with Crippen molar-refractivity contribution in [1.82, 2.24) is 15.3 Å². The number of carbonyl (C=O) groups is 1. The highest BCUT2D eigenvalue weighted by atomic mass is 35.5. The second-order valence-corrected chi connectivity index (χ2v) is 8.61. The molecule has 0 bridgehead atoms. The number of nitrogens with one attached hydrogen (secondary N) is 2. The van der Waals surface area contributed by atoms with Gasteiger partial charge >= 0.3 is 0 Å². The van der Waals surface area contributed by atoms with Crippen molar-refractivity contribution in [2.45, 2.75) is 19.4 Å². The first-order valence-corrected chi connectivity index (χ1v) is 11.4. The molecule has 1 fully saturated rings. The van der Waals surface area contributed by atoms with Crippen molar-refractivity contribution in [3.05, 3.63) is 70.2 Å². The molecule has 1 aliphatic heterocycles. The van der Waals surface area contributed by atoms with E-state index in [0.717, 1.165) is 48.6 Å². The van der Waals surface area contributed by atoms with E-state index in [4.69, 9.17) is 28.2 Å². The monoisotopic (exact) mass is 469 g/mol. The van der Waals surface area contributed by atoms with Crippen molar-refractivity contribution in [2.75, 3.05) is 30.4 Å². The molecule has 0 unspecified atom stereocenters.